The minimum Gasteiger partial charge on any atom is -0.0990 e. The van der Waals surface area contributed by atoms with Crippen molar-refractivity contribution in [2.45, 2.75) is 20.3 Å². The molecule has 0 heterocycles. The maximum atomic E-state index is 3.65. The summed E-state index contributed by atoms with van der Waals surface area (Å²) >= 11 is 0. The van der Waals surface area contributed by atoms with Crippen LogP contribution in [-0.2, 0) is 0 Å². The molecular formula is C11H16. The van der Waals surface area contributed by atoms with Crippen LogP contribution in [0.2, 0.25) is 0 Å². The van der Waals surface area contributed by atoms with Gasteiger partial charge >= 0.3 is 0 Å². The molecule has 0 fully saturated rings. The Bertz CT molecular complexity index is 180. The van der Waals surface area contributed by atoms with Crippen LogP contribution < -0.4 is 0 Å². The lowest BCUT2D eigenvalue weighted by molar-refractivity contribution is 1.22. The summed E-state index contributed by atoms with van der Waals surface area (Å²) < 4.78 is 0. The van der Waals surface area contributed by atoms with Gasteiger partial charge in [0.2, 0.25) is 0 Å². The van der Waals surface area contributed by atoms with Crippen molar-refractivity contribution < 1.29 is 0 Å². The van der Waals surface area contributed by atoms with Gasteiger partial charge in [-0.15, -0.1) is 0 Å². The van der Waals surface area contributed by atoms with Gasteiger partial charge in [-0.1, -0.05) is 50.0 Å². The summed E-state index contributed by atoms with van der Waals surface area (Å²) in [6.45, 7) is 7.78. The van der Waals surface area contributed by atoms with Crippen LogP contribution in [0.15, 0.2) is 48.6 Å². The smallest absolute Gasteiger partial charge is 0.0263 e. The first-order chi connectivity index (χ1) is 5.35. The molecular weight excluding hydrogens is 132 g/mol. The second-order valence-electron chi connectivity index (χ2n) is 2.21. The molecule has 0 aliphatic heterocycles. The first-order valence-corrected chi connectivity index (χ1v) is 3.97. The molecule has 0 saturated heterocycles. The van der Waals surface area contributed by atoms with E-state index in [2.05, 4.69) is 31.7 Å². The molecule has 0 N–H and O–H groups in total. The molecule has 0 amide bonds. The van der Waals surface area contributed by atoms with Crippen LogP contribution in [-0.4, -0.2) is 0 Å². The monoisotopic (exact) mass is 148 g/mol. The van der Waals surface area contributed by atoms with E-state index in [1.165, 1.54) is 5.57 Å². The molecule has 0 unspecified atom stereocenters. The molecule has 0 spiro atoms. The van der Waals surface area contributed by atoms with Crippen LogP contribution in [0.4, 0.5) is 0 Å². The molecule has 0 nitrogen and oxygen atoms in total. The van der Waals surface area contributed by atoms with E-state index in [4.69, 9.17) is 0 Å². The lowest BCUT2D eigenvalue weighted by Gasteiger charge is -1.89. The molecule has 60 valence electrons. The Kier molecular flexibility index (Phi) is 6.40. The van der Waals surface area contributed by atoms with E-state index in [0.29, 0.717) is 0 Å². The Labute approximate surface area is 69.6 Å². The minimum absolute atomic E-state index is 1.08. The maximum Gasteiger partial charge on any atom is -0.0263 e. The van der Waals surface area contributed by atoms with Crippen molar-refractivity contribution in [3.63, 3.8) is 0 Å². The fourth-order valence-electron chi connectivity index (χ4n) is 0.749. The van der Waals surface area contributed by atoms with Gasteiger partial charge in [0, 0.05) is 0 Å². The number of hydrogen-bond acceptors (Lipinski definition) is 0. The summed E-state index contributed by atoms with van der Waals surface area (Å²) in [6, 6.07) is 0. The van der Waals surface area contributed by atoms with E-state index >= 15 is 0 Å². The van der Waals surface area contributed by atoms with E-state index in [0.717, 1.165) is 6.42 Å². The first kappa shape index (κ1) is 9.96. The summed E-state index contributed by atoms with van der Waals surface area (Å²) in [4.78, 5) is 0. The Morgan fingerprint density at radius 3 is 2.55 bits per heavy atom. The number of rotatable bonds is 4. The Balaban J connectivity index is 4.22. The van der Waals surface area contributed by atoms with Gasteiger partial charge in [-0.25, -0.2) is 0 Å². The van der Waals surface area contributed by atoms with Gasteiger partial charge in [0.05, 0.1) is 0 Å². The quantitative estimate of drug-likeness (QED) is 0.534. The molecule has 0 aromatic carbocycles. The summed E-state index contributed by atoms with van der Waals surface area (Å²) in [5.41, 5.74) is 1.20. The van der Waals surface area contributed by atoms with Crippen LogP contribution in [0.5, 0.6) is 0 Å². The molecule has 0 radical (unpaired) electrons. The third-order valence-electron chi connectivity index (χ3n) is 1.22. The van der Waals surface area contributed by atoms with E-state index in [-0.39, 0.29) is 0 Å². The zero-order chi connectivity index (χ0) is 8.53. The number of allylic oxidation sites excluding steroid dienone is 7. The van der Waals surface area contributed by atoms with Gasteiger partial charge in [0.15, 0.2) is 0 Å². The highest BCUT2D eigenvalue weighted by Crippen LogP contribution is 2.00. The predicted octanol–water partition coefficient (Wildman–Crippen LogP) is 3.64. The highest BCUT2D eigenvalue weighted by Gasteiger charge is 1.79. The minimum atomic E-state index is 1.08. The van der Waals surface area contributed by atoms with Crippen LogP contribution in [0.25, 0.3) is 0 Å². The van der Waals surface area contributed by atoms with Gasteiger partial charge in [-0.3, -0.25) is 0 Å². The molecule has 11 heavy (non-hydrogen) atoms. The van der Waals surface area contributed by atoms with Crippen molar-refractivity contribution in [3.8, 4) is 0 Å². The summed E-state index contributed by atoms with van der Waals surface area (Å²) in [5, 5.41) is 0. The SMILES string of the molecule is C=C/C=C(\C=C/CC)/C=C/C. The zero-order valence-corrected chi connectivity index (χ0v) is 7.38. The van der Waals surface area contributed by atoms with Crippen LogP contribution in [0.3, 0.4) is 0 Å². The lowest BCUT2D eigenvalue weighted by Crippen LogP contribution is -1.68. The topological polar surface area (TPSA) is 0 Å². The molecule has 0 heteroatoms. The van der Waals surface area contributed by atoms with Crippen LogP contribution in [0, 0.1) is 0 Å². The lowest BCUT2D eigenvalue weighted by atomic mass is 10.2. The molecule has 0 aromatic heterocycles. The highest BCUT2D eigenvalue weighted by molar-refractivity contribution is 5.32. The summed E-state index contributed by atoms with van der Waals surface area (Å²) in [5.74, 6) is 0. The fraction of sp³-hybridized carbons (Fsp3) is 0.273. The largest absolute Gasteiger partial charge is 0.0990 e. The first-order valence-electron chi connectivity index (χ1n) is 3.97. The second-order valence-corrected chi connectivity index (χ2v) is 2.21. The Morgan fingerprint density at radius 2 is 2.09 bits per heavy atom. The van der Waals surface area contributed by atoms with Crippen molar-refractivity contribution in [2.75, 3.05) is 0 Å². The third-order valence-corrected chi connectivity index (χ3v) is 1.22. The van der Waals surface area contributed by atoms with Crippen molar-refractivity contribution in [3.05, 3.63) is 48.6 Å². The summed E-state index contributed by atoms with van der Waals surface area (Å²) in [6.07, 6.45) is 13.2. The van der Waals surface area contributed by atoms with E-state index in [1.54, 1.807) is 6.08 Å². The standard InChI is InChI=1S/C11H16/c1-4-7-10-11(8-5-2)9-6-3/h5-10H,2,4H2,1,3H3/b9-6+,10-7-,11-8-. The van der Waals surface area contributed by atoms with Crippen molar-refractivity contribution in [1.82, 2.24) is 0 Å². The molecule has 0 aliphatic rings. The van der Waals surface area contributed by atoms with Gasteiger partial charge in [-0.05, 0) is 18.9 Å². The second kappa shape index (κ2) is 7.07. The average molecular weight is 148 g/mol. The van der Waals surface area contributed by atoms with Gasteiger partial charge < -0.3 is 0 Å². The molecule has 0 rings (SSSR count). The molecule has 0 aromatic rings. The molecule has 0 atom stereocenters. The van der Waals surface area contributed by atoms with Crippen molar-refractivity contribution in [1.29, 1.82) is 0 Å². The molecule has 0 saturated carbocycles. The maximum absolute atomic E-state index is 3.65. The molecule has 0 bridgehead atoms. The average Bonchev–Trinajstić information content (AvgIpc) is 2.01. The highest BCUT2D eigenvalue weighted by atomic mass is 13.9. The van der Waals surface area contributed by atoms with Crippen LogP contribution in [0.1, 0.15) is 20.3 Å². The fourth-order valence-corrected chi connectivity index (χ4v) is 0.749. The van der Waals surface area contributed by atoms with Crippen molar-refractivity contribution >= 4 is 0 Å². The number of hydrogen-bond donors (Lipinski definition) is 0. The normalized spacial score (nSPS) is 13.1. The van der Waals surface area contributed by atoms with E-state index < -0.39 is 0 Å². The van der Waals surface area contributed by atoms with Gasteiger partial charge in [0.1, 0.15) is 0 Å². The third kappa shape index (κ3) is 5.41. The van der Waals surface area contributed by atoms with Gasteiger partial charge in [0.25, 0.3) is 0 Å². The predicted molar refractivity (Wildman–Crippen MR) is 52.5 cm³/mol. The van der Waals surface area contributed by atoms with Crippen LogP contribution >= 0.6 is 0 Å². The zero-order valence-electron chi connectivity index (χ0n) is 7.38. The van der Waals surface area contributed by atoms with E-state index in [9.17, 15) is 0 Å². The summed E-state index contributed by atoms with van der Waals surface area (Å²) in [7, 11) is 0. The Morgan fingerprint density at radius 1 is 1.36 bits per heavy atom. The molecule has 0 aliphatic carbocycles. The Hall–Kier alpha value is -1.04. The van der Waals surface area contributed by atoms with E-state index in [1.807, 2.05) is 19.1 Å². The van der Waals surface area contributed by atoms with Crippen molar-refractivity contribution in [2.24, 2.45) is 0 Å². The van der Waals surface area contributed by atoms with Gasteiger partial charge in [-0.2, -0.15) is 0 Å².